The van der Waals surface area contributed by atoms with E-state index in [1.165, 1.54) is 0 Å². The number of hydrogen-bond donors (Lipinski definition) is 2. The molecule has 0 aliphatic rings. The molecule has 0 saturated carbocycles. The third-order valence-corrected chi connectivity index (χ3v) is 2.60. The summed E-state index contributed by atoms with van der Waals surface area (Å²) in [5.41, 5.74) is 1.16. The van der Waals surface area contributed by atoms with Gasteiger partial charge in [0.25, 0.3) is 0 Å². The van der Waals surface area contributed by atoms with Gasteiger partial charge < -0.3 is 20.1 Å². The monoisotopic (exact) mass is 310 g/mol. The fourth-order valence-corrected chi connectivity index (χ4v) is 1.63. The topological polar surface area (TPSA) is 76.7 Å². The van der Waals surface area contributed by atoms with Crippen LogP contribution in [0.1, 0.15) is 24.2 Å². The van der Waals surface area contributed by atoms with E-state index in [1.807, 2.05) is 0 Å². The van der Waals surface area contributed by atoms with Gasteiger partial charge in [0.2, 0.25) is 0 Å². The molecule has 0 amide bonds. The highest BCUT2D eigenvalue weighted by Crippen LogP contribution is 2.10. The zero-order chi connectivity index (χ0) is 15.7. The fraction of sp³-hybridized carbons (Fsp3) is 0.357. The molecule has 0 aliphatic heterocycles. The predicted molar refractivity (Wildman–Crippen MR) is 83.3 cm³/mol. The molecule has 2 N–H and O–H groups in total. The number of rotatable bonds is 6. The van der Waals surface area contributed by atoms with Gasteiger partial charge in [-0.3, -0.25) is 4.79 Å². The Morgan fingerprint density at radius 3 is 2.29 bits per heavy atom. The molecular formula is C14H18N2O4S. The maximum atomic E-state index is 11.5. The van der Waals surface area contributed by atoms with Gasteiger partial charge in [0.15, 0.2) is 5.11 Å². The van der Waals surface area contributed by atoms with E-state index in [4.69, 9.17) is 21.7 Å². The van der Waals surface area contributed by atoms with Crippen LogP contribution in [0, 0.1) is 0 Å². The molecule has 0 spiro atoms. The van der Waals surface area contributed by atoms with E-state index in [-0.39, 0.29) is 18.5 Å². The van der Waals surface area contributed by atoms with Gasteiger partial charge in [-0.2, -0.15) is 0 Å². The molecule has 114 valence electrons. The maximum absolute atomic E-state index is 11.5. The van der Waals surface area contributed by atoms with Crippen molar-refractivity contribution in [1.82, 2.24) is 5.32 Å². The van der Waals surface area contributed by atoms with Crippen molar-refractivity contribution >= 4 is 35.0 Å². The number of carbonyl (C=O) groups excluding carboxylic acids is 2. The highest BCUT2D eigenvalue weighted by atomic mass is 32.1. The smallest absolute Gasteiger partial charge is 0.338 e. The molecule has 1 aromatic rings. The van der Waals surface area contributed by atoms with Crippen molar-refractivity contribution in [2.24, 2.45) is 0 Å². The minimum absolute atomic E-state index is 0.000578. The molecule has 6 nitrogen and oxygen atoms in total. The van der Waals surface area contributed by atoms with E-state index in [0.29, 0.717) is 29.6 Å². The van der Waals surface area contributed by atoms with Crippen LogP contribution >= 0.6 is 12.2 Å². The highest BCUT2D eigenvalue weighted by molar-refractivity contribution is 7.80. The van der Waals surface area contributed by atoms with Gasteiger partial charge in [-0.1, -0.05) is 0 Å². The molecule has 0 bridgehead atoms. The summed E-state index contributed by atoms with van der Waals surface area (Å²) in [6.07, 6.45) is 0. The molecule has 21 heavy (non-hydrogen) atoms. The Hall–Kier alpha value is -2.15. The summed E-state index contributed by atoms with van der Waals surface area (Å²) < 4.78 is 9.66. The average Bonchev–Trinajstić information content (AvgIpc) is 2.46. The van der Waals surface area contributed by atoms with Crippen molar-refractivity contribution in [1.29, 1.82) is 0 Å². The Kier molecular flexibility index (Phi) is 7.17. The highest BCUT2D eigenvalue weighted by Gasteiger charge is 2.07. The summed E-state index contributed by atoms with van der Waals surface area (Å²) in [4.78, 5) is 22.6. The quantitative estimate of drug-likeness (QED) is 0.612. The van der Waals surface area contributed by atoms with Crippen LogP contribution in [0.15, 0.2) is 24.3 Å². The minimum Gasteiger partial charge on any atom is -0.465 e. The molecule has 7 heteroatoms. The van der Waals surface area contributed by atoms with Crippen LogP contribution in [0.2, 0.25) is 0 Å². The lowest BCUT2D eigenvalue weighted by Gasteiger charge is -2.10. The van der Waals surface area contributed by atoms with Crippen LogP contribution in [0.3, 0.4) is 0 Å². The Morgan fingerprint density at radius 1 is 1.10 bits per heavy atom. The summed E-state index contributed by atoms with van der Waals surface area (Å²) in [5.74, 6) is -0.744. The van der Waals surface area contributed by atoms with Gasteiger partial charge in [-0.05, 0) is 50.3 Å². The molecule has 0 atom stereocenters. The van der Waals surface area contributed by atoms with E-state index in [1.54, 1.807) is 38.1 Å². The average molecular weight is 310 g/mol. The standard InChI is InChI=1S/C14H18N2O4S/c1-3-19-12(17)9-15-14(21)16-11-7-5-10(6-8-11)13(18)20-4-2/h5-8H,3-4,9H2,1-2H3,(H2,15,16,21). The zero-order valence-electron chi connectivity index (χ0n) is 12.0. The van der Waals surface area contributed by atoms with Crippen molar-refractivity contribution < 1.29 is 19.1 Å². The number of ether oxygens (including phenoxy) is 2. The van der Waals surface area contributed by atoms with Crippen LogP contribution in [0.25, 0.3) is 0 Å². The van der Waals surface area contributed by atoms with E-state index in [2.05, 4.69) is 10.6 Å². The van der Waals surface area contributed by atoms with Gasteiger partial charge in [0, 0.05) is 5.69 Å². The Bertz CT molecular complexity index is 502. The van der Waals surface area contributed by atoms with Crippen molar-refractivity contribution in [3.05, 3.63) is 29.8 Å². The third-order valence-electron chi connectivity index (χ3n) is 2.35. The molecule has 1 aromatic carbocycles. The molecule has 0 aliphatic carbocycles. The second-order valence-electron chi connectivity index (χ2n) is 3.91. The SMILES string of the molecule is CCOC(=O)CNC(=S)Nc1ccc(C(=O)OCC)cc1. The van der Waals surface area contributed by atoms with E-state index < -0.39 is 0 Å². The number of thiocarbonyl (C=S) groups is 1. The van der Waals surface area contributed by atoms with Crippen molar-refractivity contribution in [3.8, 4) is 0 Å². The zero-order valence-corrected chi connectivity index (χ0v) is 12.8. The molecule has 0 unspecified atom stereocenters. The molecule has 0 heterocycles. The molecular weight excluding hydrogens is 292 g/mol. The van der Waals surface area contributed by atoms with Gasteiger partial charge in [0.05, 0.1) is 18.8 Å². The first-order valence-electron chi connectivity index (χ1n) is 6.54. The molecule has 0 saturated heterocycles. The number of hydrogen-bond acceptors (Lipinski definition) is 5. The Balaban J connectivity index is 2.46. The number of carbonyl (C=O) groups is 2. The third kappa shape index (κ3) is 6.22. The van der Waals surface area contributed by atoms with E-state index in [9.17, 15) is 9.59 Å². The van der Waals surface area contributed by atoms with Gasteiger partial charge in [0.1, 0.15) is 6.54 Å². The van der Waals surface area contributed by atoms with Crippen LogP contribution in [0.4, 0.5) is 5.69 Å². The van der Waals surface area contributed by atoms with Crippen LogP contribution in [-0.2, 0) is 14.3 Å². The van der Waals surface area contributed by atoms with Crippen LogP contribution in [-0.4, -0.2) is 36.8 Å². The lowest BCUT2D eigenvalue weighted by atomic mass is 10.2. The van der Waals surface area contributed by atoms with Crippen LogP contribution in [0.5, 0.6) is 0 Å². The maximum Gasteiger partial charge on any atom is 0.338 e. The summed E-state index contributed by atoms with van der Waals surface area (Å²) in [5, 5.41) is 5.92. The Labute approximate surface area is 128 Å². The van der Waals surface area contributed by atoms with E-state index >= 15 is 0 Å². The summed E-state index contributed by atoms with van der Waals surface area (Å²) in [6.45, 7) is 4.15. The van der Waals surface area contributed by atoms with Crippen molar-refractivity contribution in [2.45, 2.75) is 13.8 Å². The second-order valence-corrected chi connectivity index (χ2v) is 4.32. The normalized spacial score (nSPS) is 9.62. The summed E-state index contributed by atoms with van der Waals surface area (Å²) in [7, 11) is 0. The lowest BCUT2D eigenvalue weighted by Crippen LogP contribution is -2.33. The fourth-order valence-electron chi connectivity index (χ4n) is 1.44. The van der Waals surface area contributed by atoms with E-state index in [0.717, 1.165) is 0 Å². The number of benzene rings is 1. The lowest BCUT2D eigenvalue weighted by molar-refractivity contribution is -0.141. The van der Waals surface area contributed by atoms with Crippen molar-refractivity contribution in [2.75, 3.05) is 25.1 Å². The number of nitrogens with one attached hydrogen (secondary N) is 2. The molecule has 1 rings (SSSR count). The predicted octanol–water partition coefficient (Wildman–Crippen LogP) is 1.71. The Morgan fingerprint density at radius 2 is 1.71 bits per heavy atom. The van der Waals surface area contributed by atoms with Gasteiger partial charge in [-0.25, -0.2) is 4.79 Å². The van der Waals surface area contributed by atoms with Gasteiger partial charge in [-0.15, -0.1) is 0 Å². The number of esters is 2. The first-order chi connectivity index (χ1) is 10.1. The first kappa shape index (κ1) is 16.9. The molecule has 0 aromatic heterocycles. The largest absolute Gasteiger partial charge is 0.465 e. The van der Waals surface area contributed by atoms with Gasteiger partial charge >= 0.3 is 11.9 Å². The van der Waals surface area contributed by atoms with Crippen molar-refractivity contribution in [3.63, 3.8) is 0 Å². The van der Waals surface area contributed by atoms with Crippen LogP contribution < -0.4 is 10.6 Å². The molecule has 0 fully saturated rings. The second kappa shape index (κ2) is 8.91. The summed E-state index contributed by atoms with van der Waals surface area (Å²) >= 11 is 5.04. The first-order valence-corrected chi connectivity index (χ1v) is 6.95. The molecule has 0 radical (unpaired) electrons. The minimum atomic E-state index is -0.376. The number of anilines is 1. The summed E-state index contributed by atoms with van der Waals surface area (Å²) in [6, 6.07) is 6.66.